The lowest BCUT2D eigenvalue weighted by molar-refractivity contribution is -0.138. The van der Waals surface area contributed by atoms with E-state index in [0.717, 1.165) is 5.56 Å². The maximum Gasteiger partial charge on any atom is 0.326 e. The summed E-state index contributed by atoms with van der Waals surface area (Å²) in [5.74, 6) is -1.12. The van der Waals surface area contributed by atoms with Crippen LogP contribution in [0.5, 0.6) is 0 Å². The molecule has 5 heteroatoms. The number of carboxylic acid groups (broad SMARTS) is 1. The van der Waals surface area contributed by atoms with Gasteiger partial charge in [-0.25, -0.2) is 0 Å². The highest BCUT2D eigenvalue weighted by atomic mass is 16.5. The molecule has 1 aromatic heterocycles. The van der Waals surface area contributed by atoms with E-state index in [0.29, 0.717) is 11.0 Å². The van der Waals surface area contributed by atoms with Gasteiger partial charge >= 0.3 is 5.97 Å². The van der Waals surface area contributed by atoms with Gasteiger partial charge in [-0.15, -0.1) is 0 Å². The van der Waals surface area contributed by atoms with Crippen LogP contribution in [0.2, 0.25) is 0 Å². The lowest BCUT2D eigenvalue weighted by Gasteiger charge is -2.00. The van der Waals surface area contributed by atoms with Crippen molar-refractivity contribution in [3.05, 3.63) is 29.5 Å². The summed E-state index contributed by atoms with van der Waals surface area (Å²) in [5, 5.41) is 13.1. The van der Waals surface area contributed by atoms with Crippen molar-refractivity contribution in [3.63, 3.8) is 0 Å². The van der Waals surface area contributed by atoms with Gasteiger partial charge in [0.15, 0.2) is 11.6 Å². The molecular formula is C10H10N2O3. The van der Waals surface area contributed by atoms with Crippen molar-refractivity contribution in [1.29, 1.82) is 0 Å². The first-order valence-corrected chi connectivity index (χ1v) is 4.44. The number of aryl methyl sites for hydroxylation is 1. The van der Waals surface area contributed by atoms with Crippen molar-refractivity contribution in [2.24, 2.45) is 5.73 Å². The second kappa shape index (κ2) is 3.36. The van der Waals surface area contributed by atoms with Crippen LogP contribution in [0.15, 0.2) is 22.7 Å². The van der Waals surface area contributed by atoms with E-state index in [1.54, 1.807) is 12.1 Å². The Morgan fingerprint density at radius 2 is 2.33 bits per heavy atom. The molecule has 1 atom stereocenters. The van der Waals surface area contributed by atoms with Crippen molar-refractivity contribution in [3.8, 4) is 0 Å². The SMILES string of the molecule is Cc1ccc2c(C(N)C(=O)O)noc2c1. The minimum atomic E-state index is -1.14. The average Bonchev–Trinajstić information content (AvgIpc) is 2.59. The zero-order valence-corrected chi connectivity index (χ0v) is 8.10. The Kier molecular flexibility index (Phi) is 2.17. The summed E-state index contributed by atoms with van der Waals surface area (Å²) in [5.41, 5.74) is 7.31. The quantitative estimate of drug-likeness (QED) is 0.771. The first kappa shape index (κ1) is 9.67. The Bertz CT molecular complexity index is 518. The molecule has 0 bridgehead atoms. The molecular weight excluding hydrogens is 196 g/mol. The van der Waals surface area contributed by atoms with Crippen LogP contribution in [0, 0.1) is 6.92 Å². The van der Waals surface area contributed by atoms with E-state index in [4.69, 9.17) is 15.4 Å². The number of nitrogens with two attached hydrogens (primary N) is 1. The van der Waals surface area contributed by atoms with Crippen LogP contribution in [-0.4, -0.2) is 16.2 Å². The minimum absolute atomic E-state index is 0.262. The fourth-order valence-corrected chi connectivity index (χ4v) is 1.41. The van der Waals surface area contributed by atoms with Crippen molar-refractivity contribution in [1.82, 2.24) is 5.16 Å². The Labute approximate surface area is 85.5 Å². The molecule has 1 unspecified atom stereocenters. The molecule has 0 saturated carbocycles. The van der Waals surface area contributed by atoms with Crippen LogP contribution in [0.3, 0.4) is 0 Å². The molecule has 5 nitrogen and oxygen atoms in total. The summed E-state index contributed by atoms with van der Waals surface area (Å²) in [4.78, 5) is 10.7. The van der Waals surface area contributed by atoms with E-state index in [2.05, 4.69) is 5.16 Å². The fraction of sp³-hybridized carbons (Fsp3) is 0.200. The Morgan fingerprint density at radius 1 is 1.60 bits per heavy atom. The largest absolute Gasteiger partial charge is 0.480 e. The maximum atomic E-state index is 10.7. The molecule has 0 aliphatic heterocycles. The first-order chi connectivity index (χ1) is 7.09. The van der Waals surface area contributed by atoms with Crippen LogP contribution in [-0.2, 0) is 4.79 Å². The Morgan fingerprint density at radius 3 is 3.00 bits per heavy atom. The summed E-state index contributed by atoms with van der Waals surface area (Å²) in [7, 11) is 0. The van der Waals surface area contributed by atoms with Gasteiger partial charge in [0.25, 0.3) is 0 Å². The van der Waals surface area contributed by atoms with E-state index in [-0.39, 0.29) is 5.69 Å². The van der Waals surface area contributed by atoms with Crippen LogP contribution >= 0.6 is 0 Å². The molecule has 0 aliphatic rings. The summed E-state index contributed by atoms with van der Waals surface area (Å²) < 4.78 is 5.01. The van der Waals surface area contributed by atoms with Crippen molar-refractivity contribution >= 4 is 16.9 Å². The predicted octanol–water partition coefficient (Wildman–Crippen LogP) is 1.22. The minimum Gasteiger partial charge on any atom is -0.480 e. The number of hydrogen-bond donors (Lipinski definition) is 2. The van der Waals surface area contributed by atoms with Crippen molar-refractivity contribution in [2.75, 3.05) is 0 Å². The predicted molar refractivity (Wildman–Crippen MR) is 53.3 cm³/mol. The number of aromatic nitrogens is 1. The second-order valence-corrected chi connectivity index (χ2v) is 3.38. The standard InChI is InChI=1S/C10H10N2O3/c1-5-2-3-6-7(4-5)15-12-9(6)8(11)10(13)14/h2-4,8H,11H2,1H3,(H,13,14). The van der Waals surface area contributed by atoms with Gasteiger partial charge in [0, 0.05) is 5.39 Å². The summed E-state index contributed by atoms with van der Waals surface area (Å²) in [6.45, 7) is 1.92. The molecule has 0 saturated heterocycles. The van der Waals surface area contributed by atoms with E-state index in [9.17, 15) is 4.79 Å². The van der Waals surface area contributed by atoms with Crippen LogP contribution in [0.1, 0.15) is 17.3 Å². The number of carbonyl (C=O) groups is 1. The number of fused-ring (bicyclic) bond motifs is 1. The number of benzene rings is 1. The third kappa shape index (κ3) is 1.57. The van der Waals surface area contributed by atoms with Gasteiger partial charge in [-0.3, -0.25) is 4.79 Å². The van der Waals surface area contributed by atoms with E-state index >= 15 is 0 Å². The molecule has 0 radical (unpaired) electrons. The van der Waals surface area contributed by atoms with Gasteiger partial charge in [-0.2, -0.15) is 0 Å². The topological polar surface area (TPSA) is 89.4 Å². The van der Waals surface area contributed by atoms with Gasteiger partial charge in [0.05, 0.1) is 0 Å². The third-order valence-electron chi connectivity index (χ3n) is 2.22. The number of hydrogen-bond acceptors (Lipinski definition) is 4. The van der Waals surface area contributed by atoms with E-state index < -0.39 is 12.0 Å². The molecule has 78 valence electrons. The fourth-order valence-electron chi connectivity index (χ4n) is 1.41. The van der Waals surface area contributed by atoms with Gasteiger partial charge in [-0.05, 0) is 24.6 Å². The highest BCUT2D eigenvalue weighted by Crippen LogP contribution is 2.23. The molecule has 2 aromatic rings. The van der Waals surface area contributed by atoms with Gasteiger partial charge in [0.2, 0.25) is 0 Å². The number of carboxylic acids is 1. The number of aliphatic carboxylic acids is 1. The molecule has 0 spiro atoms. The van der Waals surface area contributed by atoms with Crippen LogP contribution in [0.25, 0.3) is 11.0 Å². The molecule has 3 N–H and O–H groups in total. The molecule has 15 heavy (non-hydrogen) atoms. The molecule has 2 rings (SSSR count). The van der Waals surface area contributed by atoms with E-state index in [1.807, 2.05) is 13.0 Å². The molecule has 1 aromatic carbocycles. The van der Waals surface area contributed by atoms with Gasteiger partial charge < -0.3 is 15.4 Å². The lowest BCUT2D eigenvalue weighted by atomic mass is 10.1. The second-order valence-electron chi connectivity index (χ2n) is 3.38. The summed E-state index contributed by atoms with van der Waals surface area (Å²) in [6.07, 6.45) is 0. The van der Waals surface area contributed by atoms with Gasteiger partial charge in [0.1, 0.15) is 5.69 Å². The van der Waals surface area contributed by atoms with Crippen LogP contribution in [0.4, 0.5) is 0 Å². The Hall–Kier alpha value is -1.88. The zero-order valence-electron chi connectivity index (χ0n) is 8.10. The monoisotopic (exact) mass is 206 g/mol. The molecule has 0 amide bonds. The summed E-state index contributed by atoms with van der Waals surface area (Å²) in [6, 6.07) is 4.27. The first-order valence-electron chi connectivity index (χ1n) is 4.44. The number of rotatable bonds is 2. The van der Waals surface area contributed by atoms with Crippen LogP contribution < -0.4 is 5.73 Å². The Balaban J connectivity index is 2.59. The normalized spacial score (nSPS) is 12.9. The summed E-state index contributed by atoms with van der Waals surface area (Å²) >= 11 is 0. The highest BCUT2D eigenvalue weighted by molar-refractivity contribution is 5.86. The lowest BCUT2D eigenvalue weighted by Crippen LogP contribution is -2.21. The molecule has 0 fully saturated rings. The van der Waals surface area contributed by atoms with Crippen molar-refractivity contribution < 1.29 is 14.4 Å². The average molecular weight is 206 g/mol. The van der Waals surface area contributed by atoms with E-state index in [1.165, 1.54) is 0 Å². The number of nitrogens with zero attached hydrogens (tertiary/aromatic N) is 1. The third-order valence-corrected chi connectivity index (χ3v) is 2.22. The van der Waals surface area contributed by atoms with Crippen molar-refractivity contribution in [2.45, 2.75) is 13.0 Å². The molecule has 0 aliphatic carbocycles. The zero-order chi connectivity index (χ0) is 11.0. The maximum absolute atomic E-state index is 10.7. The highest BCUT2D eigenvalue weighted by Gasteiger charge is 2.21. The molecule has 1 heterocycles. The smallest absolute Gasteiger partial charge is 0.326 e. The van der Waals surface area contributed by atoms with Gasteiger partial charge in [-0.1, -0.05) is 11.2 Å².